The zero-order valence-corrected chi connectivity index (χ0v) is 23.8. The van der Waals surface area contributed by atoms with E-state index in [1.165, 1.54) is 21.6 Å². The van der Waals surface area contributed by atoms with Gasteiger partial charge in [-0.3, -0.25) is 0 Å². The predicted octanol–water partition coefficient (Wildman–Crippen LogP) is 8.56. The van der Waals surface area contributed by atoms with Crippen molar-refractivity contribution in [1.82, 2.24) is 0 Å². The van der Waals surface area contributed by atoms with E-state index in [0.29, 0.717) is 6.61 Å². The lowest BCUT2D eigenvalue weighted by atomic mass is 9.81. The van der Waals surface area contributed by atoms with Gasteiger partial charge < -0.3 is 9.53 Å². The van der Waals surface area contributed by atoms with Crippen LogP contribution in [0.3, 0.4) is 0 Å². The lowest BCUT2D eigenvalue weighted by Gasteiger charge is -2.39. The summed E-state index contributed by atoms with van der Waals surface area (Å²) < 4.78 is 6.26. The molecule has 1 N–H and O–H groups in total. The quantitative estimate of drug-likeness (QED) is 0.322. The average Bonchev–Trinajstić information content (AvgIpc) is 2.72. The second-order valence-electron chi connectivity index (χ2n) is 11.0. The average molecular weight is 487 g/mol. The van der Waals surface area contributed by atoms with E-state index in [-0.39, 0.29) is 11.2 Å². The molecule has 0 aromatic heterocycles. The van der Waals surface area contributed by atoms with E-state index in [0.717, 1.165) is 38.5 Å². The lowest BCUT2D eigenvalue weighted by molar-refractivity contribution is -0.0409. The van der Waals surface area contributed by atoms with Gasteiger partial charge in [0.05, 0.1) is 12.2 Å². The molecule has 33 heavy (non-hydrogen) atoms. The molecule has 3 unspecified atom stereocenters. The summed E-state index contributed by atoms with van der Waals surface area (Å²) in [7, 11) is -1.73. The van der Waals surface area contributed by atoms with Gasteiger partial charge in [0, 0.05) is 16.1 Å². The molecule has 0 fully saturated rings. The SMILES string of the molecule is C/C1=C\CC/C(C)=C/C(Sc2ccccc2)C(C(C)(O)CO[Si](C)(C)C)CC/C(C)=C/CC1. The van der Waals surface area contributed by atoms with Gasteiger partial charge in [-0.2, -0.15) is 0 Å². The smallest absolute Gasteiger partial charge is 0.183 e. The molecule has 0 heterocycles. The van der Waals surface area contributed by atoms with Crippen molar-refractivity contribution in [3.8, 4) is 0 Å². The molecule has 3 atom stereocenters. The summed E-state index contributed by atoms with van der Waals surface area (Å²) in [4.78, 5) is 1.25. The maximum atomic E-state index is 11.8. The van der Waals surface area contributed by atoms with E-state index >= 15 is 0 Å². The van der Waals surface area contributed by atoms with Crippen molar-refractivity contribution in [2.75, 3.05) is 6.61 Å². The molecule has 0 bridgehead atoms. The molecule has 0 saturated carbocycles. The Balaban J connectivity index is 2.43. The summed E-state index contributed by atoms with van der Waals surface area (Å²) in [5.41, 5.74) is 3.43. The van der Waals surface area contributed by atoms with Crippen LogP contribution in [0.4, 0.5) is 0 Å². The van der Waals surface area contributed by atoms with E-state index in [9.17, 15) is 5.11 Å². The number of allylic oxidation sites excluding steroid dienone is 5. The van der Waals surface area contributed by atoms with Crippen molar-refractivity contribution in [2.24, 2.45) is 5.92 Å². The molecule has 1 aliphatic carbocycles. The first-order valence-corrected chi connectivity index (χ1v) is 16.8. The largest absolute Gasteiger partial charge is 0.415 e. The second kappa shape index (κ2) is 13.1. The first-order valence-electron chi connectivity index (χ1n) is 12.5. The number of rotatable bonds is 6. The molecule has 0 spiro atoms. The summed E-state index contributed by atoms with van der Waals surface area (Å²) in [6.07, 6.45) is 13.6. The standard InChI is InChI=1S/C29H46O2SSi/c1-23-13-11-15-24(2)19-20-27(29(4,30)22-31-33(5,6)7)28(21-25(3)16-12-14-23)32-26-17-9-8-10-18-26/h8-10,14-15,17-18,21,27-28,30H,11-13,16,19-20,22H2,1-7H3/b23-14+,24-15+,25-21+. The third-order valence-corrected chi connectivity index (χ3v) is 8.66. The van der Waals surface area contributed by atoms with Gasteiger partial charge in [-0.15, -0.1) is 11.8 Å². The van der Waals surface area contributed by atoms with E-state index in [1.54, 1.807) is 0 Å². The van der Waals surface area contributed by atoms with Crippen LogP contribution in [0.15, 0.2) is 70.2 Å². The van der Waals surface area contributed by atoms with Crippen molar-refractivity contribution in [2.45, 2.75) is 102 Å². The van der Waals surface area contributed by atoms with Gasteiger partial charge in [0.2, 0.25) is 0 Å². The third-order valence-electron chi connectivity index (χ3n) is 6.37. The molecular formula is C29H46O2SSi. The van der Waals surface area contributed by atoms with Crippen molar-refractivity contribution < 1.29 is 9.53 Å². The Bertz CT molecular complexity index is 818. The minimum Gasteiger partial charge on any atom is -0.415 e. The first-order chi connectivity index (χ1) is 15.5. The summed E-state index contributed by atoms with van der Waals surface area (Å²) in [5, 5.41) is 12.0. The van der Waals surface area contributed by atoms with Crippen LogP contribution >= 0.6 is 11.8 Å². The Kier molecular flexibility index (Phi) is 11.2. The van der Waals surface area contributed by atoms with Crippen LogP contribution in [0, 0.1) is 5.92 Å². The summed E-state index contributed by atoms with van der Waals surface area (Å²) in [6, 6.07) is 10.6. The van der Waals surface area contributed by atoms with E-state index < -0.39 is 13.9 Å². The molecule has 2 nitrogen and oxygen atoms in total. The Morgan fingerprint density at radius 1 is 0.939 bits per heavy atom. The fourth-order valence-corrected chi connectivity index (χ4v) is 6.48. The molecular weight excluding hydrogens is 440 g/mol. The van der Waals surface area contributed by atoms with Gasteiger partial charge >= 0.3 is 0 Å². The molecule has 0 saturated heterocycles. The molecule has 0 amide bonds. The zero-order valence-electron chi connectivity index (χ0n) is 22.0. The number of aliphatic hydroxyl groups is 1. The molecule has 1 aromatic carbocycles. The number of benzene rings is 1. The van der Waals surface area contributed by atoms with Gasteiger partial charge in [-0.1, -0.05) is 53.1 Å². The molecule has 0 aliphatic heterocycles. The van der Waals surface area contributed by atoms with E-state index in [2.05, 4.69) is 89.0 Å². The molecule has 0 radical (unpaired) electrons. The Morgan fingerprint density at radius 2 is 1.52 bits per heavy atom. The van der Waals surface area contributed by atoms with E-state index in [1.807, 2.05) is 18.7 Å². The lowest BCUT2D eigenvalue weighted by Crippen LogP contribution is -2.46. The van der Waals surface area contributed by atoms with Crippen molar-refractivity contribution in [3.05, 3.63) is 65.3 Å². The van der Waals surface area contributed by atoms with Crippen LogP contribution in [0.2, 0.25) is 19.6 Å². The molecule has 1 aliphatic rings. The highest BCUT2D eigenvalue weighted by atomic mass is 32.2. The monoisotopic (exact) mass is 486 g/mol. The van der Waals surface area contributed by atoms with Gasteiger partial charge in [0.25, 0.3) is 0 Å². The fraction of sp³-hybridized carbons (Fsp3) is 0.586. The predicted molar refractivity (Wildman–Crippen MR) is 148 cm³/mol. The molecule has 2 rings (SSSR count). The minimum atomic E-state index is -1.73. The van der Waals surface area contributed by atoms with Crippen LogP contribution in [0.5, 0.6) is 0 Å². The summed E-state index contributed by atoms with van der Waals surface area (Å²) in [5.74, 6) is 0.0950. The second-order valence-corrected chi connectivity index (χ2v) is 16.8. The topological polar surface area (TPSA) is 29.5 Å². The van der Waals surface area contributed by atoms with Gasteiger partial charge in [0.15, 0.2) is 8.32 Å². The highest BCUT2D eigenvalue weighted by Crippen LogP contribution is 2.39. The highest BCUT2D eigenvalue weighted by Gasteiger charge is 2.38. The van der Waals surface area contributed by atoms with Crippen molar-refractivity contribution in [3.63, 3.8) is 0 Å². The number of hydrogen-bond donors (Lipinski definition) is 1. The number of hydrogen-bond acceptors (Lipinski definition) is 3. The summed E-state index contributed by atoms with van der Waals surface area (Å²) >= 11 is 1.88. The van der Waals surface area contributed by atoms with Crippen LogP contribution < -0.4 is 0 Å². The maximum absolute atomic E-state index is 11.8. The number of thioether (sulfide) groups is 1. The molecule has 184 valence electrons. The fourth-order valence-electron chi connectivity index (χ4n) is 4.23. The van der Waals surface area contributed by atoms with Crippen LogP contribution in [-0.2, 0) is 4.43 Å². The summed E-state index contributed by atoms with van der Waals surface area (Å²) in [6.45, 7) is 15.7. The van der Waals surface area contributed by atoms with Gasteiger partial charge in [0.1, 0.15) is 0 Å². The van der Waals surface area contributed by atoms with Crippen LogP contribution in [0.25, 0.3) is 0 Å². The minimum absolute atomic E-state index is 0.0950. The van der Waals surface area contributed by atoms with Crippen LogP contribution in [0.1, 0.15) is 66.2 Å². The third kappa shape index (κ3) is 10.8. The Hall–Kier alpha value is -1.07. The normalized spacial score (nSPS) is 28.3. The first kappa shape index (κ1) is 28.2. The Morgan fingerprint density at radius 3 is 2.12 bits per heavy atom. The van der Waals surface area contributed by atoms with Crippen molar-refractivity contribution >= 4 is 20.1 Å². The highest BCUT2D eigenvalue weighted by molar-refractivity contribution is 8.00. The Labute approximate surface area is 208 Å². The van der Waals surface area contributed by atoms with Gasteiger partial charge in [-0.05, 0) is 98.0 Å². The van der Waals surface area contributed by atoms with E-state index in [4.69, 9.17) is 4.43 Å². The zero-order chi connectivity index (χ0) is 24.5. The maximum Gasteiger partial charge on any atom is 0.183 e. The molecule has 1 aromatic rings. The van der Waals surface area contributed by atoms with Crippen molar-refractivity contribution in [1.29, 1.82) is 0 Å². The van der Waals surface area contributed by atoms with Crippen LogP contribution in [-0.4, -0.2) is 30.9 Å². The van der Waals surface area contributed by atoms with Gasteiger partial charge in [-0.25, -0.2) is 0 Å². The molecule has 4 heteroatoms.